The second kappa shape index (κ2) is 2.82. The molecule has 0 amide bonds. The fourth-order valence-electron chi connectivity index (χ4n) is 2.41. The van der Waals surface area contributed by atoms with E-state index in [9.17, 15) is 0 Å². The van der Waals surface area contributed by atoms with Crippen LogP contribution in [0.3, 0.4) is 0 Å². The van der Waals surface area contributed by atoms with Crippen LogP contribution in [0.5, 0.6) is 0 Å². The number of thiophene rings is 1. The third-order valence-electron chi connectivity index (χ3n) is 3.49. The summed E-state index contributed by atoms with van der Waals surface area (Å²) in [6.07, 6.45) is 0. The van der Waals surface area contributed by atoms with Gasteiger partial charge in [-0.25, -0.2) is 0 Å². The first-order valence-corrected chi connectivity index (χ1v) is 5.71. The lowest BCUT2D eigenvalue weighted by Crippen LogP contribution is -2.05. The van der Waals surface area contributed by atoms with Crippen molar-refractivity contribution in [2.24, 2.45) is 17.1 Å². The molecule has 0 saturated heterocycles. The highest BCUT2D eigenvalue weighted by Gasteiger charge is 2.58. The van der Waals surface area contributed by atoms with Crippen molar-refractivity contribution >= 4 is 11.3 Å². The maximum absolute atomic E-state index is 5.76. The normalized spacial score (nSPS) is 30.5. The van der Waals surface area contributed by atoms with Crippen LogP contribution in [-0.4, -0.2) is 6.54 Å². The molecule has 2 rings (SSSR count). The Balaban J connectivity index is 2.26. The predicted octanol–water partition coefficient (Wildman–Crippen LogP) is 2.75. The first kappa shape index (κ1) is 9.22. The van der Waals surface area contributed by atoms with Gasteiger partial charge in [0.1, 0.15) is 0 Å². The molecular weight excluding hydrogens is 178 g/mol. The summed E-state index contributed by atoms with van der Waals surface area (Å²) in [4.78, 5) is 1.56. The maximum atomic E-state index is 5.76. The minimum absolute atomic E-state index is 0.435. The first-order chi connectivity index (χ1) is 6.09. The van der Waals surface area contributed by atoms with Crippen LogP contribution in [0.2, 0.25) is 0 Å². The van der Waals surface area contributed by atoms with Crippen LogP contribution in [0.1, 0.15) is 30.2 Å². The van der Waals surface area contributed by atoms with Gasteiger partial charge < -0.3 is 5.73 Å². The van der Waals surface area contributed by atoms with E-state index in [4.69, 9.17) is 5.73 Å². The fourth-order valence-corrected chi connectivity index (χ4v) is 3.69. The van der Waals surface area contributed by atoms with Gasteiger partial charge in [-0.2, -0.15) is 0 Å². The van der Waals surface area contributed by atoms with Crippen molar-refractivity contribution in [1.29, 1.82) is 0 Å². The van der Waals surface area contributed by atoms with Crippen LogP contribution in [-0.2, 0) is 0 Å². The molecule has 2 unspecified atom stereocenters. The Morgan fingerprint density at radius 3 is 2.62 bits per heavy atom. The Morgan fingerprint density at radius 2 is 2.23 bits per heavy atom. The van der Waals surface area contributed by atoms with Crippen LogP contribution in [0.25, 0.3) is 0 Å². The monoisotopic (exact) mass is 195 g/mol. The molecule has 0 aromatic carbocycles. The third kappa shape index (κ3) is 1.24. The Hall–Kier alpha value is -0.340. The molecule has 2 N–H and O–H groups in total. The highest BCUT2D eigenvalue weighted by atomic mass is 32.1. The van der Waals surface area contributed by atoms with Gasteiger partial charge in [0.15, 0.2) is 0 Å². The van der Waals surface area contributed by atoms with Gasteiger partial charge in [-0.15, -0.1) is 11.3 Å². The van der Waals surface area contributed by atoms with Crippen LogP contribution >= 0.6 is 11.3 Å². The van der Waals surface area contributed by atoms with Gasteiger partial charge in [0, 0.05) is 10.8 Å². The minimum atomic E-state index is 0.435. The zero-order valence-electron chi connectivity index (χ0n) is 8.50. The van der Waals surface area contributed by atoms with Gasteiger partial charge in [-0.3, -0.25) is 0 Å². The van der Waals surface area contributed by atoms with Gasteiger partial charge in [0.05, 0.1) is 0 Å². The van der Waals surface area contributed by atoms with Crippen molar-refractivity contribution in [3.63, 3.8) is 0 Å². The highest BCUT2D eigenvalue weighted by Crippen LogP contribution is 2.65. The molecule has 13 heavy (non-hydrogen) atoms. The molecule has 1 aliphatic carbocycles. The van der Waals surface area contributed by atoms with E-state index in [1.165, 1.54) is 5.56 Å². The van der Waals surface area contributed by atoms with Crippen molar-refractivity contribution in [2.45, 2.75) is 26.7 Å². The van der Waals surface area contributed by atoms with Crippen LogP contribution < -0.4 is 5.73 Å². The van der Waals surface area contributed by atoms with Gasteiger partial charge in [-0.1, -0.05) is 13.8 Å². The van der Waals surface area contributed by atoms with Crippen LogP contribution in [0.4, 0.5) is 0 Å². The van der Waals surface area contributed by atoms with E-state index in [2.05, 4.69) is 32.2 Å². The Morgan fingerprint density at radius 1 is 1.54 bits per heavy atom. The summed E-state index contributed by atoms with van der Waals surface area (Å²) < 4.78 is 0. The lowest BCUT2D eigenvalue weighted by Gasteiger charge is -2.00. The average Bonchev–Trinajstić information content (AvgIpc) is 2.41. The molecule has 1 aromatic rings. The topological polar surface area (TPSA) is 26.0 Å². The molecule has 0 aliphatic heterocycles. The number of aryl methyl sites for hydroxylation is 1. The van der Waals surface area contributed by atoms with Crippen molar-refractivity contribution in [3.8, 4) is 0 Å². The summed E-state index contributed by atoms with van der Waals surface area (Å²) >= 11 is 1.89. The van der Waals surface area contributed by atoms with Crippen LogP contribution in [0, 0.1) is 18.3 Å². The number of hydrogen-bond acceptors (Lipinski definition) is 2. The van der Waals surface area contributed by atoms with Crippen molar-refractivity contribution in [1.82, 2.24) is 0 Å². The average molecular weight is 195 g/mol. The van der Waals surface area contributed by atoms with Gasteiger partial charge in [0.25, 0.3) is 0 Å². The smallest absolute Gasteiger partial charge is 0.0114 e. The molecule has 2 atom stereocenters. The fraction of sp³-hybridized carbons (Fsp3) is 0.636. The van der Waals surface area contributed by atoms with Crippen LogP contribution in [0.15, 0.2) is 11.4 Å². The summed E-state index contributed by atoms with van der Waals surface area (Å²) in [6, 6.07) is 2.21. The zero-order chi connectivity index (χ0) is 9.64. The van der Waals surface area contributed by atoms with E-state index < -0.39 is 0 Å². The van der Waals surface area contributed by atoms with Gasteiger partial charge in [0.2, 0.25) is 0 Å². The Bertz CT molecular complexity index is 314. The highest BCUT2D eigenvalue weighted by molar-refractivity contribution is 7.10. The lowest BCUT2D eigenvalue weighted by atomic mass is 10.1. The quantitative estimate of drug-likeness (QED) is 0.771. The number of nitrogens with two attached hydrogens (primary N) is 1. The summed E-state index contributed by atoms with van der Waals surface area (Å²) in [5, 5.41) is 2.19. The van der Waals surface area contributed by atoms with E-state index >= 15 is 0 Å². The molecule has 0 radical (unpaired) electrons. The molecule has 1 aromatic heterocycles. The first-order valence-electron chi connectivity index (χ1n) is 4.83. The Labute approximate surface area is 84.0 Å². The maximum Gasteiger partial charge on any atom is 0.0114 e. The largest absolute Gasteiger partial charge is 0.330 e. The Kier molecular flexibility index (Phi) is 2.00. The lowest BCUT2D eigenvalue weighted by molar-refractivity contribution is 0.559. The SMILES string of the molecule is Cc1ccsc1C1C(CN)C1(C)C. The number of rotatable bonds is 2. The standard InChI is InChI=1S/C11H17NS/c1-7-4-5-13-10(7)9-8(6-12)11(9,2)3/h4-5,8-9H,6,12H2,1-3H3. The zero-order valence-corrected chi connectivity index (χ0v) is 9.32. The van der Waals surface area contributed by atoms with E-state index in [0.717, 1.165) is 12.5 Å². The van der Waals surface area contributed by atoms with E-state index in [1.807, 2.05) is 11.3 Å². The van der Waals surface area contributed by atoms with Crippen molar-refractivity contribution < 1.29 is 0 Å². The molecule has 1 fully saturated rings. The molecular formula is C11H17NS. The summed E-state index contributed by atoms with van der Waals surface area (Å²) in [7, 11) is 0. The number of hydrogen-bond donors (Lipinski definition) is 1. The molecule has 1 aliphatic rings. The second-order valence-electron chi connectivity index (χ2n) is 4.61. The molecule has 0 bridgehead atoms. The molecule has 2 heteroatoms. The summed E-state index contributed by atoms with van der Waals surface area (Å²) in [5.74, 6) is 1.42. The summed E-state index contributed by atoms with van der Waals surface area (Å²) in [6.45, 7) is 7.69. The minimum Gasteiger partial charge on any atom is -0.330 e. The molecule has 0 spiro atoms. The summed E-state index contributed by atoms with van der Waals surface area (Å²) in [5.41, 5.74) is 7.64. The van der Waals surface area contributed by atoms with E-state index in [1.54, 1.807) is 4.88 Å². The molecule has 1 nitrogen and oxygen atoms in total. The molecule has 1 heterocycles. The van der Waals surface area contributed by atoms with Crippen molar-refractivity contribution in [3.05, 3.63) is 21.9 Å². The third-order valence-corrected chi connectivity index (χ3v) is 4.59. The molecule has 72 valence electrons. The van der Waals surface area contributed by atoms with E-state index in [0.29, 0.717) is 11.3 Å². The molecule has 1 saturated carbocycles. The van der Waals surface area contributed by atoms with E-state index in [-0.39, 0.29) is 0 Å². The predicted molar refractivity (Wildman–Crippen MR) is 58.1 cm³/mol. The van der Waals surface area contributed by atoms with Gasteiger partial charge in [-0.05, 0) is 41.8 Å². The van der Waals surface area contributed by atoms with Gasteiger partial charge >= 0.3 is 0 Å². The second-order valence-corrected chi connectivity index (χ2v) is 5.56. The van der Waals surface area contributed by atoms with Crippen molar-refractivity contribution in [2.75, 3.05) is 6.54 Å².